The molecule has 2 heterocycles. The van der Waals surface area contributed by atoms with Crippen molar-refractivity contribution in [1.29, 1.82) is 0 Å². The molecule has 0 aromatic rings. The van der Waals surface area contributed by atoms with Gasteiger partial charge in [-0.3, -0.25) is 9.69 Å². The zero-order valence-electron chi connectivity index (χ0n) is 12.3. The van der Waals surface area contributed by atoms with E-state index in [0.29, 0.717) is 25.6 Å². The van der Waals surface area contributed by atoms with Crippen molar-refractivity contribution in [3.05, 3.63) is 0 Å². The van der Waals surface area contributed by atoms with E-state index in [-0.39, 0.29) is 17.4 Å². The van der Waals surface area contributed by atoms with Crippen molar-refractivity contribution in [3.63, 3.8) is 0 Å². The molecule has 20 heavy (non-hydrogen) atoms. The van der Waals surface area contributed by atoms with Gasteiger partial charge in [0.15, 0.2) is 0 Å². The lowest BCUT2D eigenvalue weighted by Gasteiger charge is -2.40. The number of hydrogen-bond donors (Lipinski definition) is 2. The first-order chi connectivity index (χ1) is 9.71. The number of carbonyl (C=O) groups excluding carboxylic acids is 1. The third-order valence-electron chi connectivity index (χ3n) is 5.37. The second kappa shape index (κ2) is 6.00. The first kappa shape index (κ1) is 14.3. The van der Waals surface area contributed by atoms with E-state index < -0.39 is 0 Å². The van der Waals surface area contributed by atoms with Crippen LogP contribution in [0.25, 0.3) is 0 Å². The van der Waals surface area contributed by atoms with Gasteiger partial charge in [-0.1, -0.05) is 6.42 Å². The van der Waals surface area contributed by atoms with Crippen molar-refractivity contribution in [2.24, 2.45) is 11.1 Å². The molecule has 2 atom stereocenters. The van der Waals surface area contributed by atoms with E-state index in [2.05, 4.69) is 10.2 Å². The molecule has 0 aromatic carbocycles. The molecule has 5 nitrogen and oxygen atoms in total. The summed E-state index contributed by atoms with van der Waals surface area (Å²) in [5.74, 6) is 0.141. The van der Waals surface area contributed by atoms with Crippen molar-refractivity contribution in [3.8, 4) is 0 Å². The number of amides is 1. The van der Waals surface area contributed by atoms with Crippen LogP contribution in [0, 0.1) is 5.41 Å². The Kier molecular flexibility index (Phi) is 4.29. The summed E-state index contributed by atoms with van der Waals surface area (Å²) in [6.07, 6.45) is 6.71. The number of carbonyl (C=O) groups is 1. The Morgan fingerprint density at radius 1 is 1.40 bits per heavy atom. The van der Waals surface area contributed by atoms with E-state index in [1.54, 1.807) is 0 Å². The Morgan fingerprint density at radius 3 is 2.95 bits per heavy atom. The van der Waals surface area contributed by atoms with Crippen LogP contribution in [0.3, 0.4) is 0 Å². The highest BCUT2D eigenvalue weighted by atomic mass is 16.5. The lowest BCUT2D eigenvalue weighted by Crippen LogP contribution is -2.50. The van der Waals surface area contributed by atoms with Crippen LogP contribution in [-0.2, 0) is 9.53 Å². The van der Waals surface area contributed by atoms with Crippen LogP contribution in [0.15, 0.2) is 0 Å². The van der Waals surface area contributed by atoms with Gasteiger partial charge in [-0.25, -0.2) is 0 Å². The van der Waals surface area contributed by atoms with Gasteiger partial charge in [0.25, 0.3) is 0 Å². The van der Waals surface area contributed by atoms with Crippen molar-refractivity contribution in [2.45, 2.75) is 50.7 Å². The van der Waals surface area contributed by atoms with Gasteiger partial charge in [0.1, 0.15) is 0 Å². The summed E-state index contributed by atoms with van der Waals surface area (Å²) >= 11 is 0. The molecule has 0 radical (unpaired) electrons. The maximum absolute atomic E-state index is 12.0. The van der Waals surface area contributed by atoms with Crippen LogP contribution in [0.1, 0.15) is 38.5 Å². The molecule has 3 fully saturated rings. The number of nitrogens with two attached hydrogens (primary N) is 1. The van der Waals surface area contributed by atoms with Gasteiger partial charge in [-0.05, 0) is 44.2 Å². The minimum Gasteiger partial charge on any atom is -0.373 e. The first-order valence-electron chi connectivity index (χ1n) is 8.03. The number of morpholine rings is 1. The van der Waals surface area contributed by atoms with E-state index >= 15 is 0 Å². The van der Waals surface area contributed by atoms with Crippen molar-refractivity contribution >= 4 is 5.91 Å². The third kappa shape index (κ3) is 3.00. The monoisotopic (exact) mass is 281 g/mol. The molecule has 114 valence electrons. The van der Waals surface area contributed by atoms with E-state index in [1.807, 2.05) is 0 Å². The third-order valence-corrected chi connectivity index (χ3v) is 5.37. The second-order valence-electron chi connectivity index (χ2n) is 6.78. The summed E-state index contributed by atoms with van der Waals surface area (Å²) in [4.78, 5) is 14.6. The summed E-state index contributed by atoms with van der Waals surface area (Å²) in [6.45, 7) is 4.26. The summed E-state index contributed by atoms with van der Waals surface area (Å²) in [7, 11) is 0. The Bertz CT molecular complexity index is 352. The highest BCUT2D eigenvalue weighted by Gasteiger charge is 2.38. The molecular formula is C15H27N3O2. The fourth-order valence-corrected chi connectivity index (χ4v) is 3.77. The lowest BCUT2D eigenvalue weighted by atomic mass is 9.66. The highest BCUT2D eigenvalue weighted by molar-refractivity contribution is 5.76. The number of fused-ring (bicyclic) bond motifs is 1. The van der Waals surface area contributed by atoms with Crippen molar-refractivity contribution in [2.75, 3.05) is 32.8 Å². The average molecular weight is 281 g/mol. The largest absolute Gasteiger partial charge is 0.373 e. The molecule has 1 saturated carbocycles. The maximum atomic E-state index is 12.0. The van der Waals surface area contributed by atoms with Crippen LogP contribution < -0.4 is 11.1 Å². The predicted molar refractivity (Wildman–Crippen MR) is 77.3 cm³/mol. The molecule has 5 heteroatoms. The van der Waals surface area contributed by atoms with Crippen molar-refractivity contribution in [1.82, 2.24) is 10.2 Å². The molecule has 2 saturated heterocycles. The molecule has 1 amide bonds. The standard InChI is InChI=1S/C15H27N3O2/c16-11-15(4-2-5-15)7-14(19)17-8-13-9-18-6-1-3-12(18)10-20-13/h12-13H,1-11,16H2,(H,17,19). The topological polar surface area (TPSA) is 67.6 Å². The molecule has 2 unspecified atom stereocenters. The Balaban J connectivity index is 1.39. The number of rotatable bonds is 5. The fraction of sp³-hybridized carbons (Fsp3) is 0.933. The van der Waals surface area contributed by atoms with E-state index in [9.17, 15) is 4.79 Å². The molecule has 0 aromatic heterocycles. The predicted octanol–water partition coefficient (Wildman–Crippen LogP) is 0.485. The van der Waals surface area contributed by atoms with Crippen molar-refractivity contribution < 1.29 is 9.53 Å². The van der Waals surface area contributed by atoms with E-state index in [1.165, 1.54) is 25.8 Å². The molecular weight excluding hydrogens is 254 g/mol. The van der Waals surface area contributed by atoms with Gasteiger partial charge < -0.3 is 15.8 Å². The van der Waals surface area contributed by atoms with Crippen LogP contribution >= 0.6 is 0 Å². The van der Waals surface area contributed by atoms with Gasteiger partial charge in [0.05, 0.1) is 12.7 Å². The van der Waals surface area contributed by atoms with Gasteiger partial charge in [0.2, 0.25) is 5.91 Å². The molecule has 3 rings (SSSR count). The zero-order valence-corrected chi connectivity index (χ0v) is 12.3. The van der Waals surface area contributed by atoms with E-state index in [0.717, 1.165) is 26.0 Å². The van der Waals surface area contributed by atoms with Gasteiger partial charge >= 0.3 is 0 Å². The van der Waals surface area contributed by atoms with Gasteiger partial charge in [-0.2, -0.15) is 0 Å². The zero-order chi connectivity index (χ0) is 14.0. The smallest absolute Gasteiger partial charge is 0.220 e. The summed E-state index contributed by atoms with van der Waals surface area (Å²) < 4.78 is 5.86. The van der Waals surface area contributed by atoms with Gasteiger partial charge in [0, 0.05) is 25.6 Å². The molecule has 2 aliphatic heterocycles. The highest BCUT2D eigenvalue weighted by Crippen LogP contribution is 2.42. The fourth-order valence-electron chi connectivity index (χ4n) is 3.77. The first-order valence-corrected chi connectivity index (χ1v) is 8.03. The van der Waals surface area contributed by atoms with Crippen LogP contribution in [-0.4, -0.2) is 55.7 Å². The maximum Gasteiger partial charge on any atom is 0.220 e. The summed E-state index contributed by atoms with van der Waals surface area (Å²) in [5, 5.41) is 3.04. The minimum atomic E-state index is 0.0948. The average Bonchev–Trinajstić information content (AvgIpc) is 2.88. The number of nitrogens with one attached hydrogen (secondary N) is 1. The summed E-state index contributed by atoms with van der Waals surface area (Å²) in [5.41, 5.74) is 5.90. The second-order valence-corrected chi connectivity index (χ2v) is 6.78. The Morgan fingerprint density at radius 2 is 2.25 bits per heavy atom. The number of hydrogen-bond acceptors (Lipinski definition) is 4. The molecule has 0 spiro atoms. The molecule has 3 N–H and O–H groups in total. The quantitative estimate of drug-likeness (QED) is 0.769. The lowest BCUT2D eigenvalue weighted by molar-refractivity contribution is -0.126. The van der Waals surface area contributed by atoms with Gasteiger partial charge in [-0.15, -0.1) is 0 Å². The molecule has 0 bridgehead atoms. The number of nitrogens with zero attached hydrogens (tertiary/aromatic N) is 1. The molecule has 3 aliphatic rings. The van der Waals surface area contributed by atoms with Crippen LogP contribution in [0.4, 0.5) is 0 Å². The molecule has 1 aliphatic carbocycles. The normalized spacial score (nSPS) is 32.5. The summed E-state index contributed by atoms with van der Waals surface area (Å²) in [6, 6.07) is 0.623. The Hall–Kier alpha value is -0.650. The SMILES string of the molecule is NCC1(CC(=O)NCC2CN3CCCC3CO2)CCC1. The minimum absolute atomic E-state index is 0.0948. The van der Waals surface area contributed by atoms with Crippen LogP contribution in [0.5, 0.6) is 0 Å². The van der Waals surface area contributed by atoms with E-state index in [4.69, 9.17) is 10.5 Å². The van der Waals surface area contributed by atoms with Crippen LogP contribution in [0.2, 0.25) is 0 Å². The number of ether oxygens (including phenoxy) is 1. The Labute approximate surface area is 121 Å².